The molecule has 3 aromatic rings. The maximum atomic E-state index is 12.4. The van der Waals surface area contributed by atoms with Crippen molar-refractivity contribution >= 4 is 28.9 Å². The topological polar surface area (TPSA) is 70.2 Å². The number of hydrogen-bond donors (Lipinski definition) is 2. The molecule has 6 heteroatoms. The Labute approximate surface area is 159 Å². The number of carbonyl (C=O) groups excluding carboxylic acids is 1. The number of rotatable bonds is 5. The second kappa shape index (κ2) is 7.86. The molecule has 0 fully saturated rings. The van der Waals surface area contributed by atoms with Gasteiger partial charge in [-0.3, -0.25) is 4.79 Å². The fourth-order valence-corrected chi connectivity index (χ4v) is 2.66. The van der Waals surface area contributed by atoms with Crippen molar-refractivity contribution in [3.8, 4) is 0 Å². The number of nitrogens with zero attached hydrogens (tertiary/aromatic N) is 3. The van der Waals surface area contributed by atoms with E-state index in [0.717, 1.165) is 28.5 Å². The van der Waals surface area contributed by atoms with Gasteiger partial charge in [0.05, 0.1) is 0 Å². The van der Waals surface area contributed by atoms with Gasteiger partial charge in [0.15, 0.2) is 0 Å². The van der Waals surface area contributed by atoms with E-state index in [-0.39, 0.29) is 5.91 Å². The lowest BCUT2D eigenvalue weighted by molar-refractivity contribution is 0.102. The zero-order valence-corrected chi connectivity index (χ0v) is 15.9. The first-order valence-corrected chi connectivity index (χ1v) is 8.69. The quantitative estimate of drug-likeness (QED) is 0.714. The Morgan fingerprint density at radius 2 is 1.41 bits per heavy atom. The molecule has 1 amide bonds. The fraction of sp³-hybridized carbons (Fsp3) is 0.190. The van der Waals surface area contributed by atoms with Crippen molar-refractivity contribution in [2.24, 2.45) is 0 Å². The van der Waals surface area contributed by atoms with E-state index < -0.39 is 0 Å². The van der Waals surface area contributed by atoms with E-state index in [0.29, 0.717) is 11.5 Å². The van der Waals surface area contributed by atoms with Gasteiger partial charge in [0.25, 0.3) is 5.91 Å². The SMILES string of the molecule is Cc1cc(C)nc(Nc2ccc(C(=O)Nc3ccc(N(C)C)cc3)cc2)n1. The molecule has 0 bridgehead atoms. The highest BCUT2D eigenvalue weighted by Crippen LogP contribution is 2.18. The van der Waals surface area contributed by atoms with Crippen LogP contribution in [0.15, 0.2) is 54.6 Å². The average molecular weight is 361 g/mol. The van der Waals surface area contributed by atoms with Crippen molar-refractivity contribution in [1.29, 1.82) is 0 Å². The second-order valence-corrected chi connectivity index (χ2v) is 6.57. The van der Waals surface area contributed by atoms with Crippen molar-refractivity contribution < 1.29 is 4.79 Å². The zero-order valence-electron chi connectivity index (χ0n) is 15.9. The molecule has 2 N–H and O–H groups in total. The first-order chi connectivity index (χ1) is 12.9. The van der Waals surface area contributed by atoms with Gasteiger partial charge in [0.1, 0.15) is 0 Å². The molecule has 2 aromatic carbocycles. The lowest BCUT2D eigenvalue weighted by atomic mass is 10.2. The summed E-state index contributed by atoms with van der Waals surface area (Å²) in [6.07, 6.45) is 0. The van der Waals surface area contributed by atoms with Gasteiger partial charge in [-0.1, -0.05) is 0 Å². The lowest BCUT2D eigenvalue weighted by Crippen LogP contribution is -2.12. The Balaban J connectivity index is 1.66. The number of carbonyl (C=O) groups is 1. The van der Waals surface area contributed by atoms with Gasteiger partial charge in [-0.2, -0.15) is 0 Å². The van der Waals surface area contributed by atoms with Gasteiger partial charge in [-0.15, -0.1) is 0 Å². The Bertz CT molecular complexity index is 914. The summed E-state index contributed by atoms with van der Waals surface area (Å²) in [5.41, 5.74) is 5.06. The van der Waals surface area contributed by atoms with Gasteiger partial charge < -0.3 is 15.5 Å². The smallest absolute Gasteiger partial charge is 0.255 e. The minimum Gasteiger partial charge on any atom is -0.378 e. The molecular formula is C21H23N5O. The summed E-state index contributed by atoms with van der Waals surface area (Å²) in [5, 5.41) is 6.07. The molecule has 0 radical (unpaired) electrons. The summed E-state index contributed by atoms with van der Waals surface area (Å²) in [5.74, 6) is 0.396. The lowest BCUT2D eigenvalue weighted by Gasteiger charge is -2.13. The molecule has 0 saturated carbocycles. The predicted octanol–water partition coefficient (Wildman–Crippen LogP) is 4.16. The van der Waals surface area contributed by atoms with Gasteiger partial charge in [-0.25, -0.2) is 9.97 Å². The highest BCUT2D eigenvalue weighted by molar-refractivity contribution is 6.04. The van der Waals surface area contributed by atoms with Crippen LogP contribution in [0.25, 0.3) is 0 Å². The largest absolute Gasteiger partial charge is 0.378 e. The monoisotopic (exact) mass is 361 g/mol. The third-order valence-corrected chi connectivity index (χ3v) is 4.03. The first kappa shape index (κ1) is 18.4. The van der Waals surface area contributed by atoms with Crippen LogP contribution in [0, 0.1) is 13.8 Å². The van der Waals surface area contributed by atoms with Crippen molar-refractivity contribution in [1.82, 2.24) is 9.97 Å². The van der Waals surface area contributed by atoms with E-state index in [1.807, 2.05) is 75.3 Å². The van der Waals surface area contributed by atoms with E-state index in [2.05, 4.69) is 20.6 Å². The van der Waals surface area contributed by atoms with Crippen molar-refractivity contribution in [3.05, 3.63) is 71.5 Å². The minimum absolute atomic E-state index is 0.151. The van der Waals surface area contributed by atoms with Gasteiger partial charge >= 0.3 is 0 Å². The van der Waals surface area contributed by atoms with Gasteiger partial charge in [-0.05, 0) is 68.4 Å². The number of aromatic nitrogens is 2. The van der Waals surface area contributed by atoms with Crippen molar-refractivity contribution in [2.45, 2.75) is 13.8 Å². The van der Waals surface area contributed by atoms with E-state index in [1.165, 1.54) is 0 Å². The number of nitrogens with one attached hydrogen (secondary N) is 2. The van der Waals surface area contributed by atoms with Crippen LogP contribution in [0.4, 0.5) is 23.0 Å². The van der Waals surface area contributed by atoms with Crippen LogP contribution in [-0.2, 0) is 0 Å². The molecule has 0 spiro atoms. The van der Waals surface area contributed by atoms with Crippen LogP contribution < -0.4 is 15.5 Å². The Morgan fingerprint density at radius 3 is 1.96 bits per heavy atom. The first-order valence-electron chi connectivity index (χ1n) is 8.69. The zero-order chi connectivity index (χ0) is 19.4. The standard InChI is InChI=1S/C21H23N5O/c1-14-13-15(2)23-21(22-14)25-18-7-5-16(6-8-18)20(27)24-17-9-11-19(12-10-17)26(3)4/h5-13H,1-4H3,(H,24,27)(H,22,23,25). The third-order valence-electron chi connectivity index (χ3n) is 4.03. The average Bonchev–Trinajstić information content (AvgIpc) is 2.62. The maximum Gasteiger partial charge on any atom is 0.255 e. The highest BCUT2D eigenvalue weighted by atomic mass is 16.1. The molecule has 0 unspecified atom stereocenters. The summed E-state index contributed by atoms with van der Waals surface area (Å²) >= 11 is 0. The van der Waals surface area contributed by atoms with Crippen molar-refractivity contribution in [2.75, 3.05) is 29.6 Å². The molecule has 1 heterocycles. The maximum absolute atomic E-state index is 12.4. The summed E-state index contributed by atoms with van der Waals surface area (Å²) < 4.78 is 0. The molecule has 138 valence electrons. The van der Waals surface area contributed by atoms with Crippen LogP contribution in [-0.4, -0.2) is 30.0 Å². The summed E-state index contributed by atoms with van der Waals surface area (Å²) in [4.78, 5) is 23.2. The molecule has 0 atom stereocenters. The number of anilines is 4. The third kappa shape index (κ3) is 4.82. The van der Waals surface area contributed by atoms with E-state index >= 15 is 0 Å². The summed E-state index contributed by atoms with van der Waals surface area (Å²) in [6, 6.07) is 16.9. The molecule has 0 aliphatic carbocycles. The number of amides is 1. The number of hydrogen-bond acceptors (Lipinski definition) is 5. The second-order valence-electron chi connectivity index (χ2n) is 6.57. The van der Waals surface area contributed by atoms with Crippen LogP contribution in [0.1, 0.15) is 21.7 Å². The van der Waals surface area contributed by atoms with Crippen LogP contribution >= 0.6 is 0 Å². The number of aryl methyl sites for hydroxylation is 2. The molecule has 1 aromatic heterocycles. The molecule has 0 aliphatic heterocycles. The molecule has 0 aliphatic rings. The Hall–Kier alpha value is -3.41. The van der Waals surface area contributed by atoms with E-state index in [1.54, 1.807) is 12.1 Å². The predicted molar refractivity (Wildman–Crippen MR) is 110 cm³/mol. The van der Waals surface area contributed by atoms with Crippen LogP contribution in [0.5, 0.6) is 0 Å². The van der Waals surface area contributed by atoms with E-state index in [4.69, 9.17) is 0 Å². The molecule has 27 heavy (non-hydrogen) atoms. The van der Waals surface area contributed by atoms with E-state index in [9.17, 15) is 4.79 Å². The summed E-state index contributed by atoms with van der Waals surface area (Å²) in [7, 11) is 3.96. The summed E-state index contributed by atoms with van der Waals surface area (Å²) in [6.45, 7) is 3.86. The Morgan fingerprint density at radius 1 is 0.852 bits per heavy atom. The van der Waals surface area contributed by atoms with Gasteiger partial charge in [0.2, 0.25) is 5.95 Å². The minimum atomic E-state index is -0.151. The van der Waals surface area contributed by atoms with Gasteiger partial charge in [0, 0.05) is 48.1 Å². The molecule has 0 saturated heterocycles. The van der Waals surface area contributed by atoms with Crippen LogP contribution in [0.3, 0.4) is 0 Å². The number of benzene rings is 2. The molecule has 6 nitrogen and oxygen atoms in total. The highest BCUT2D eigenvalue weighted by Gasteiger charge is 2.07. The fourth-order valence-electron chi connectivity index (χ4n) is 2.66. The van der Waals surface area contributed by atoms with Crippen LogP contribution in [0.2, 0.25) is 0 Å². The Kier molecular flexibility index (Phi) is 5.35. The normalized spacial score (nSPS) is 10.4. The molecular weight excluding hydrogens is 338 g/mol. The molecule has 3 rings (SSSR count). The van der Waals surface area contributed by atoms with Crippen molar-refractivity contribution in [3.63, 3.8) is 0 Å².